The largest absolute Gasteiger partial charge is 0.476 e. The molecule has 0 bridgehead atoms. The van der Waals surface area contributed by atoms with E-state index in [1.165, 1.54) is 4.31 Å². The van der Waals surface area contributed by atoms with Crippen molar-refractivity contribution in [2.75, 3.05) is 35.1 Å². The minimum atomic E-state index is -3.61. The number of hydrogen-bond acceptors (Lipinski definition) is 6. The number of anilines is 2. The summed E-state index contributed by atoms with van der Waals surface area (Å²) in [5, 5.41) is 5.58. The molecule has 1 saturated heterocycles. The highest BCUT2D eigenvalue weighted by molar-refractivity contribution is 7.92. The molecule has 176 valence electrons. The van der Waals surface area contributed by atoms with Gasteiger partial charge in [0.25, 0.3) is 11.8 Å². The fourth-order valence-electron chi connectivity index (χ4n) is 3.87. The topological polar surface area (TPSA) is 114 Å². The average Bonchev–Trinajstić information content (AvgIpc) is 3.36. The van der Waals surface area contributed by atoms with Gasteiger partial charge in [0, 0.05) is 13.2 Å². The number of nitrogens with one attached hydrogen (secondary N) is 2. The third-order valence-electron chi connectivity index (χ3n) is 5.67. The molecule has 2 aliphatic rings. The fourth-order valence-corrected chi connectivity index (χ4v) is 4.99. The number of rotatable bonds is 7. The van der Waals surface area contributed by atoms with Gasteiger partial charge in [-0.25, -0.2) is 8.42 Å². The fraction of sp³-hybridized carbons (Fsp3) is 0.391. The summed E-state index contributed by atoms with van der Waals surface area (Å²) in [6.07, 6.45) is 0.792. The molecule has 0 aliphatic carbocycles. The molecule has 0 radical (unpaired) electrons. The van der Waals surface area contributed by atoms with Crippen LogP contribution in [0, 0.1) is 0 Å². The van der Waals surface area contributed by atoms with Gasteiger partial charge in [0.15, 0.2) is 6.10 Å². The number of amides is 2. The number of ether oxygens (including phenoxy) is 2. The minimum absolute atomic E-state index is 0.00194. The van der Waals surface area contributed by atoms with Gasteiger partial charge in [0.1, 0.15) is 5.75 Å². The smallest absolute Gasteiger partial charge is 0.267 e. The number of para-hydroxylation sites is 3. The first-order chi connectivity index (χ1) is 15.9. The van der Waals surface area contributed by atoms with Crippen molar-refractivity contribution in [3.63, 3.8) is 0 Å². The molecule has 10 heteroatoms. The standard InChI is InChI=1S/C23H27N3O6S/c1-2-33(29,30)26-15-21(32-20-12-6-5-11-19(20)26)23(28)25-18-10-4-3-9-17(18)22(27)24-14-16-8-7-13-31-16/h3-6,9-12,16,21H,2,7-8,13-15H2,1H3,(H,24,27)(H,25,28)/t16-,21+/m1/s1. The Labute approximate surface area is 193 Å². The van der Waals surface area contributed by atoms with Crippen molar-refractivity contribution < 1.29 is 27.5 Å². The molecule has 33 heavy (non-hydrogen) atoms. The number of nitrogens with zero attached hydrogens (tertiary/aromatic N) is 1. The van der Waals surface area contributed by atoms with E-state index in [0.29, 0.717) is 35.8 Å². The van der Waals surface area contributed by atoms with Crippen molar-refractivity contribution in [2.45, 2.75) is 32.0 Å². The summed E-state index contributed by atoms with van der Waals surface area (Å²) >= 11 is 0. The third kappa shape index (κ3) is 5.12. The third-order valence-corrected chi connectivity index (χ3v) is 7.42. The maximum Gasteiger partial charge on any atom is 0.267 e. The van der Waals surface area contributed by atoms with E-state index < -0.39 is 22.0 Å². The molecule has 2 amide bonds. The number of carbonyl (C=O) groups is 2. The molecule has 0 spiro atoms. The Bertz CT molecular complexity index is 1130. The average molecular weight is 474 g/mol. The van der Waals surface area contributed by atoms with Gasteiger partial charge in [-0.15, -0.1) is 0 Å². The van der Waals surface area contributed by atoms with Crippen molar-refractivity contribution >= 4 is 33.2 Å². The zero-order chi connectivity index (χ0) is 23.4. The van der Waals surface area contributed by atoms with Crippen molar-refractivity contribution in [2.24, 2.45) is 0 Å². The van der Waals surface area contributed by atoms with E-state index in [4.69, 9.17) is 9.47 Å². The van der Waals surface area contributed by atoms with Crippen LogP contribution in [0.3, 0.4) is 0 Å². The van der Waals surface area contributed by atoms with E-state index in [9.17, 15) is 18.0 Å². The van der Waals surface area contributed by atoms with Crippen LogP contribution in [0.25, 0.3) is 0 Å². The summed E-state index contributed by atoms with van der Waals surface area (Å²) in [5.74, 6) is -0.668. The van der Waals surface area contributed by atoms with Gasteiger partial charge in [0.2, 0.25) is 10.0 Å². The molecule has 0 unspecified atom stereocenters. The van der Waals surface area contributed by atoms with Crippen LogP contribution in [-0.2, 0) is 19.6 Å². The monoisotopic (exact) mass is 473 g/mol. The van der Waals surface area contributed by atoms with Gasteiger partial charge >= 0.3 is 0 Å². The zero-order valence-corrected chi connectivity index (χ0v) is 19.1. The molecule has 2 aromatic rings. The summed E-state index contributed by atoms with van der Waals surface area (Å²) < 4.78 is 37.8. The summed E-state index contributed by atoms with van der Waals surface area (Å²) in [6.45, 7) is 2.48. The summed E-state index contributed by atoms with van der Waals surface area (Å²) in [5.41, 5.74) is 1.02. The number of sulfonamides is 1. The molecule has 4 rings (SSSR count). The number of benzene rings is 2. The van der Waals surface area contributed by atoms with Crippen molar-refractivity contribution in [3.05, 3.63) is 54.1 Å². The lowest BCUT2D eigenvalue weighted by molar-refractivity contribution is -0.122. The van der Waals surface area contributed by atoms with Crippen LogP contribution >= 0.6 is 0 Å². The van der Waals surface area contributed by atoms with Gasteiger partial charge in [0.05, 0.1) is 35.3 Å². The van der Waals surface area contributed by atoms with E-state index in [1.807, 2.05) is 0 Å². The van der Waals surface area contributed by atoms with Crippen LogP contribution in [0.5, 0.6) is 5.75 Å². The lowest BCUT2D eigenvalue weighted by Crippen LogP contribution is -2.49. The van der Waals surface area contributed by atoms with Gasteiger partial charge in [-0.05, 0) is 44.0 Å². The van der Waals surface area contributed by atoms with Crippen LogP contribution in [0.2, 0.25) is 0 Å². The van der Waals surface area contributed by atoms with Gasteiger partial charge in [-0.1, -0.05) is 24.3 Å². The Morgan fingerprint density at radius 2 is 1.88 bits per heavy atom. The maximum atomic E-state index is 13.1. The molecule has 2 heterocycles. The van der Waals surface area contributed by atoms with Crippen molar-refractivity contribution in [3.8, 4) is 5.75 Å². The normalized spacial score (nSPS) is 20.0. The molecule has 2 atom stereocenters. The van der Waals surface area contributed by atoms with Crippen molar-refractivity contribution in [1.82, 2.24) is 5.32 Å². The Balaban J connectivity index is 1.50. The predicted octanol–water partition coefficient (Wildman–Crippen LogP) is 2.15. The predicted molar refractivity (Wildman–Crippen MR) is 124 cm³/mol. The van der Waals surface area contributed by atoms with E-state index in [1.54, 1.807) is 55.5 Å². The highest BCUT2D eigenvalue weighted by atomic mass is 32.2. The van der Waals surface area contributed by atoms with Gasteiger partial charge in [-0.2, -0.15) is 0 Å². The van der Waals surface area contributed by atoms with E-state index >= 15 is 0 Å². The highest BCUT2D eigenvalue weighted by Crippen LogP contribution is 2.35. The highest BCUT2D eigenvalue weighted by Gasteiger charge is 2.36. The molecule has 0 aromatic heterocycles. The summed E-state index contributed by atoms with van der Waals surface area (Å²) in [4.78, 5) is 25.8. The van der Waals surface area contributed by atoms with Crippen LogP contribution in [-0.4, -0.2) is 57.9 Å². The lowest BCUT2D eigenvalue weighted by Gasteiger charge is -2.34. The first-order valence-corrected chi connectivity index (χ1v) is 12.6. The molecule has 1 fully saturated rings. The lowest BCUT2D eigenvalue weighted by atomic mass is 10.1. The molecule has 2 aromatic carbocycles. The number of carbonyl (C=O) groups excluding carboxylic acids is 2. The van der Waals surface area contributed by atoms with Crippen LogP contribution < -0.4 is 19.7 Å². The molecule has 0 saturated carbocycles. The molecule has 2 aliphatic heterocycles. The first kappa shape index (κ1) is 23.1. The summed E-state index contributed by atoms with van der Waals surface area (Å²) in [6, 6.07) is 13.3. The molecule has 2 N–H and O–H groups in total. The Kier molecular flexibility index (Phi) is 6.85. The van der Waals surface area contributed by atoms with E-state index in [-0.39, 0.29) is 24.3 Å². The Morgan fingerprint density at radius 3 is 2.64 bits per heavy atom. The SMILES string of the molecule is CCS(=O)(=O)N1C[C@@H](C(=O)Nc2ccccc2C(=O)NC[C@H]2CCCO2)Oc2ccccc21. The number of fused-ring (bicyclic) bond motifs is 1. The van der Waals surface area contributed by atoms with E-state index in [2.05, 4.69) is 10.6 Å². The second-order valence-corrected chi connectivity index (χ2v) is 10.1. The van der Waals surface area contributed by atoms with Crippen LogP contribution in [0.4, 0.5) is 11.4 Å². The van der Waals surface area contributed by atoms with E-state index in [0.717, 1.165) is 12.8 Å². The Hall–Kier alpha value is -3.11. The second kappa shape index (κ2) is 9.80. The maximum absolute atomic E-state index is 13.1. The summed E-state index contributed by atoms with van der Waals surface area (Å²) in [7, 11) is -3.61. The van der Waals surface area contributed by atoms with Gasteiger partial charge in [-0.3, -0.25) is 13.9 Å². The van der Waals surface area contributed by atoms with Crippen LogP contribution in [0.15, 0.2) is 48.5 Å². The van der Waals surface area contributed by atoms with Gasteiger partial charge < -0.3 is 20.1 Å². The van der Waals surface area contributed by atoms with Crippen LogP contribution in [0.1, 0.15) is 30.1 Å². The zero-order valence-electron chi connectivity index (χ0n) is 18.3. The molecular formula is C23H27N3O6S. The quantitative estimate of drug-likeness (QED) is 0.637. The number of hydrogen-bond donors (Lipinski definition) is 2. The molecule has 9 nitrogen and oxygen atoms in total. The minimum Gasteiger partial charge on any atom is -0.476 e. The Morgan fingerprint density at radius 1 is 1.12 bits per heavy atom. The van der Waals surface area contributed by atoms with Crippen molar-refractivity contribution in [1.29, 1.82) is 0 Å². The molecular weight excluding hydrogens is 446 g/mol. The first-order valence-electron chi connectivity index (χ1n) is 10.9. The second-order valence-electron chi connectivity index (χ2n) is 7.89.